The summed E-state index contributed by atoms with van der Waals surface area (Å²) < 4.78 is 0. The molecule has 0 aromatic carbocycles. The normalized spacial score (nSPS) is 9.45. The molecular weight excluding hydrogens is 139 g/mol. The van der Waals surface area contributed by atoms with Gasteiger partial charge in [-0.25, -0.2) is 0 Å². The van der Waals surface area contributed by atoms with Crippen LogP contribution in [0.2, 0.25) is 0 Å². The molecular formula is C8H17BO2. The highest BCUT2D eigenvalue weighted by Gasteiger charge is 2.03. The molecule has 64 valence electrons. The van der Waals surface area contributed by atoms with E-state index in [0.29, 0.717) is 0 Å². The minimum absolute atomic E-state index is 0.978. The fourth-order valence-electron chi connectivity index (χ4n) is 1.14. The lowest BCUT2D eigenvalue weighted by molar-refractivity contribution is 0.423. The van der Waals surface area contributed by atoms with Crippen molar-refractivity contribution in [1.29, 1.82) is 0 Å². The Morgan fingerprint density at radius 2 is 1.64 bits per heavy atom. The number of allylic oxidation sites excluding steroid dienone is 1. The molecule has 0 aliphatic rings. The summed E-state index contributed by atoms with van der Waals surface area (Å²) in [6.07, 6.45) is 4.09. The standard InChI is InChI=1S/C8H17BO2/c1-3-5-8(6-4-2)7-9(10)11/h7,10-11H,3-6H2,1-2H3. The Kier molecular flexibility index (Phi) is 6.28. The van der Waals surface area contributed by atoms with Crippen molar-refractivity contribution in [3.63, 3.8) is 0 Å². The van der Waals surface area contributed by atoms with Crippen molar-refractivity contribution < 1.29 is 10.0 Å². The zero-order valence-corrected chi connectivity index (χ0v) is 7.38. The van der Waals surface area contributed by atoms with E-state index < -0.39 is 7.12 Å². The smallest absolute Gasteiger partial charge is 0.424 e. The van der Waals surface area contributed by atoms with E-state index in [4.69, 9.17) is 10.0 Å². The van der Waals surface area contributed by atoms with Crippen molar-refractivity contribution >= 4 is 7.12 Å². The lowest BCUT2D eigenvalue weighted by Gasteiger charge is -2.03. The quantitative estimate of drug-likeness (QED) is 0.592. The molecule has 3 heteroatoms. The number of hydrogen-bond acceptors (Lipinski definition) is 2. The highest BCUT2D eigenvalue weighted by molar-refractivity contribution is 6.47. The Bertz CT molecular complexity index is 113. The topological polar surface area (TPSA) is 40.5 Å². The summed E-state index contributed by atoms with van der Waals surface area (Å²) in [7, 11) is -1.27. The van der Waals surface area contributed by atoms with E-state index in [1.54, 1.807) is 0 Å². The van der Waals surface area contributed by atoms with E-state index in [1.807, 2.05) is 0 Å². The van der Waals surface area contributed by atoms with Crippen LogP contribution in [-0.4, -0.2) is 17.2 Å². The van der Waals surface area contributed by atoms with Crippen molar-refractivity contribution in [2.24, 2.45) is 0 Å². The third-order valence-electron chi connectivity index (χ3n) is 1.53. The van der Waals surface area contributed by atoms with Crippen LogP contribution in [0.4, 0.5) is 0 Å². The second kappa shape index (κ2) is 6.44. The van der Waals surface area contributed by atoms with Crippen LogP contribution in [0.25, 0.3) is 0 Å². The van der Waals surface area contributed by atoms with Crippen LogP contribution in [-0.2, 0) is 0 Å². The SMILES string of the molecule is CCCC(=CB(O)O)CCC. The maximum atomic E-state index is 8.66. The molecule has 0 heterocycles. The predicted molar refractivity (Wildman–Crippen MR) is 48.1 cm³/mol. The molecule has 2 nitrogen and oxygen atoms in total. The number of hydrogen-bond donors (Lipinski definition) is 2. The molecule has 2 N–H and O–H groups in total. The Labute approximate surface area is 69.1 Å². The molecule has 0 amide bonds. The summed E-state index contributed by atoms with van der Waals surface area (Å²) in [5, 5.41) is 17.3. The van der Waals surface area contributed by atoms with Gasteiger partial charge in [-0.15, -0.1) is 0 Å². The molecule has 0 bridgehead atoms. The van der Waals surface area contributed by atoms with E-state index in [2.05, 4.69) is 13.8 Å². The first kappa shape index (κ1) is 10.7. The second-order valence-electron chi connectivity index (χ2n) is 2.74. The van der Waals surface area contributed by atoms with Gasteiger partial charge in [-0.2, -0.15) is 0 Å². The molecule has 0 saturated heterocycles. The fraction of sp³-hybridized carbons (Fsp3) is 0.750. The molecule has 0 aromatic heterocycles. The third kappa shape index (κ3) is 6.14. The van der Waals surface area contributed by atoms with Crippen molar-refractivity contribution in [3.8, 4) is 0 Å². The lowest BCUT2D eigenvalue weighted by atomic mass is 9.86. The molecule has 11 heavy (non-hydrogen) atoms. The van der Waals surface area contributed by atoms with Gasteiger partial charge >= 0.3 is 7.12 Å². The van der Waals surface area contributed by atoms with Gasteiger partial charge in [-0.05, 0) is 12.8 Å². The minimum Gasteiger partial charge on any atom is -0.424 e. The fourth-order valence-corrected chi connectivity index (χ4v) is 1.14. The molecule has 0 radical (unpaired) electrons. The molecule has 0 fully saturated rings. The van der Waals surface area contributed by atoms with Crippen LogP contribution in [0.3, 0.4) is 0 Å². The Morgan fingerprint density at radius 3 is 1.91 bits per heavy atom. The monoisotopic (exact) mass is 156 g/mol. The van der Waals surface area contributed by atoms with Crippen LogP contribution in [0, 0.1) is 0 Å². The highest BCUT2D eigenvalue weighted by Crippen LogP contribution is 2.11. The van der Waals surface area contributed by atoms with Crippen LogP contribution in [0.1, 0.15) is 39.5 Å². The zero-order valence-electron chi connectivity index (χ0n) is 7.38. The van der Waals surface area contributed by atoms with Gasteiger partial charge in [0.25, 0.3) is 0 Å². The van der Waals surface area contributed by atoms with E-state index >= 15 is 0 Å². The first-order valence-electron chi connectivity index (χ1n) is 4.26. The minimum atomic E-state index is -1.27. The summed E-state index contributed by atoms with van der Waals surface area (Å²) in [6.45, 7) is 4.18. The van der Waals surface area contributed by atoms with Crippen molar-refractivity contribution in [2.45, 2.75) is 39.5 Å². The molecule has 0 atom stereocenters. The summed E-state index contributed by atoms with van der Waals surface area (Å²) in [4.78, 5) is 0. The third-order valence-corrected chi connectivity index (χ3v) is 1.53. The first-order valence-corrected chi connectivity index (χ1v) is 4.26. The van der Waals surface area contributed by atoms with Gasteiger partial charge in [0.1, 0.15) is 0 Å². The molecule has 0 aliphatic heterocycles. The van der Waals surface area contributed by atoms with Gasteiger partial charge in [0.15, 0.2) is 0 Å². The van der Waals surface area contributed by atoms with Gasteiger partial charge < -0.3 is 10.0 Å². The van der Waals surface area contributed by atoms with Gasteiger partial charge in [-0.3, -0.25) is 0 Å². The van der Waals surface area contributed by atoms with Crippen LogP contribution in [0.15, 0.2) is 11.5 Å². The zero-order chi connectivity index (χ0) is 8.69. The molecule has 0 aromatic rings. The Morgan fingerprint density at radius 1 is 1.18 bits per heavy atom. The first-order chi connectivity index (χ1) is 5.20. The second-order valence-corrected chi connectivity index (χ2v) is 2.74. The molecule has 0 rings (SSSR count). The van der Waals surface area contributed by atoms with Crippen molar-refractivity contribution in [3.05, 3.63) is 11.5 Å². The average molecular weight is 156 g/mol. The summed E-state index contributed by atoms with van der Waals surface area (Å²) in [5.41, 5.74) is 1.16. The van der Waals surface area contributed by atoms with E-state index in [0.717, 1.165) is 31.3 Å². The average Bonchev–Trinajstić information content (AvgIpc) is 1.87. The van der Waals surface area contributed by atoms with Gasteiger partial charge in [0, 0.05) is 0 Å². The van der Waals surface area contributed by atoms with Gasteiger partial charge in [-0.1, -0.05) is 38.2 Å². The maximum Gasteiger partial charge on any atom is 0.480 e. The van der Waals surface area contributed by atoms with Gasteiger partial charge in [0.2, 0.25) is 0 Å². The van der Waals surface area contributed by atoms with E-state index in [-0.39, 0.29) is 0 Å². The van der Waals surface area contributed by atoms with Crippen LogP contribution >= 0.6 is 0 Å². The summed E-state index contributed by atoms with van der Waals surface area (Å²) in [6, 6.07) is 0. The Balaban J connectivity index is 3.86. The largest absolute Gasteiger partial charge is 0.480 e. The molecule has 0 unspecified atom stereocenters. The highest BCUT2D eigenvalue weighted by atomic mass is 16.4. The molecule has 0 saturated carbocycles. The van der Waals surface area contributed by atoms with Gasteiger partial charge in [0.05, 0.1) is 0 Å². The van der Waals surface area contributed by atoms with Crippen molar-refractivity contribution in [1.82, 2.24) is 0 Å². The van der Waals surface area contributed by atoms with E-state index in [1.165, 1.54) is 5.98 Å². The predicted octanol–water partition coefficient (Wildman–Crippen LogP) is 1.52. The Hall–Kier alpha value is -0.275. The van der Waals surface area contributed by atoms with Crippen LogP contribution in [0.5, 0.6) is 0 Å². The summed E-state index contributed by atoms with van der Waals surface area (Å²) >= 11 is 0. The number of rotatable bonds is 5. The van der Waals surface area contributed by atoms with E-state index in [9.17, 15) is 0 Å². The maximum absolute atomic E-state index is 8.66. The summed E-state index contributed by atoms with van der Waals surface area (Å²) in [5.74, 6) is 1.53. The van der Waals surface area contributed by atoms with Crippen LogP contribution < -0.4 is 0 Å². The molecule has 0 spiro atoms. The molecule has 0 aliphatic carbocycles. The lowest BCUT2D eigenvalue weighted by Crippen LogP contribution is -2.07. The van der Waals surface area contributed by atoms with Crippen molar-refractivity contribution in [2.75, 3.05) is 0 Å².